The highest BCUT2D eigenvalue weighted by atomic mass is 79.9. The first kappa shape index (κ1) is 14.3. The predicted molar refractivity (Wildman–Crippen MR) is 89.9 cm³/mol. The van der Waals surface area contributed by atoms with Crippen LogP contribution < -0.4 is 10.2 Å². The van der Waals surface area contributed by atoms with E-state index in [4.69, 9.17) is 0 Å². The quantitative estimate of drug-likeness (QED) is 0.916. The van der Waals surface area contributed by atoms with Gasteiger partial charge in [-0.2, -0.15) is 0 Å². The third-order valence-electron chi connectivity index (χ3n) is 3.87. The van der Waals surface area contributed by atoms with Crippen molar-refractivity contribution in [2.45, 2.75) is 19.3 Å². The molecule has 1 aliphatic heterocycles. The van der Waals surface area contributed by atoms with E-state index in [0.29, 0.717) is 5.92 Å². The number of hydrogen-bond acceptors (Lipinski definition) is 4. The Balaban J connectivity index is 1.79. The summed E-state index contributed by atoms with van der Waals surface area (Å²) in [6.45, 7) is 4.95. The Kier molecular flexibility index (Phi) is 4.39. The largest absolute Gasteiger partial charge is 0.369 e. The maximum Gasteiger partial charge on any atom is 0.148 e. The molecule has 5 heteroatoms. The molecule has 1 fully saturated rings. The first-order valence-electron chi connectivity index (χ1n) is 7.34. The van der Waals surface area contributed by atoms with Gasteiger partial charge in [-0.1, -0.05) is 30.3 Å². The molecule has 1 aromatic carbocycles. The van der Waals surface area contributed by atoms with Crippen LogP contribution in [0.5, 0.6) is 0 Å². The standard InChI is InChI=1S/C16H19BrN4/c1-2-18-15-14(17)16(20-11-19-15)21-9-8-13(10-21)12-6-4-3-5-7-12/h3-7,11,13H,2,8-10H2,1H3,(H,18,19,20). The Bertz CT molecular complexity index is 602. The molecule has 1 atom stereocenters. The molecule has 0 radical (unpaired) electrons. The van der Waals surface area contributed by atoms with E-state index < -0.39 is 0 Å². The van der Waals surface area contributed by atoms with Crippen LogP contribution in [0.2, 0.25) is 0 Å². The fourth-order valence-electron chi connectivity index (χ4n) is 2.82. The van der Waals surface area contributed by atoms with Gasteiger partial charge in [0, 0.05) is 25.6 Å². The number of nitrogens with one attached hydrogen (secondary N) is 1. The van der Waals surface area contributed by atoms with Gasteiger partial charge in [-0.15, -0.1) is 0 Å². The van der Waals surface area contributed by atoms with Crippen LogP contribution in [-0.4, -0.2) is 29.6 Å². The maximum absolute atomic E-state index is 4.46. The molecule has 4 nitrogen and oxygen atoms in total. The van der Waals surface area contributed by atoms with E-state index in [1.54, 1.807) is 6.33 Å². The van der Waals surface area contributed by atoms with Crippen LogP contribution in [0.25, 0.3) is 0 Å². The SMILES string of the molecule is CCNc1ncnc(N2CCC(c3ccccc3)C2)c1Br. The highest BCUT2D eigenvalue weighted by Gasteiger charge is 2.26. The zero-order chi connectivity index (χ0) is 14.7. The third-order valence-corrected chi connectivity index (χ3v) is 4.60. The average molecular weight is 347 g/mol. The topological polar surface area (TPSA) is 41.1 Å². The van der Waals surface area contributed by atoms with Gasteiger partial charge in [-0.25, -0.2) is 9.97 Å². The molecule has 2 heterocycles. The van der Waals surface area contributed by atoms with Crippen LogP contribution in [0.3, 0.4) is 0 Å². The van der Waals surface area contributed by atoms with E-state index in [1.165, 1.54) is 5.56 Å². The first-order chi connectivity index (χ1) is 10.3. The molecule has 110 valence electrons. The van der Waals surface area contributed by atoms with Gasteiger partial charge in [0.2, 0.25) is 0 Å². The number of rotatable bonds is 4. The predicted octanol–water partition coefficient (Wildman–Crippen LogP) is 3.66. The second-order valence-electron chi connectivity index (χ2n) is 5.23. The van der Waals surface area contributed by atoms with Crippen molar-refractivity contribution in [1.82, 2.24) is 9.97 Å². The fourth-order valence-corrected chi connectivity index (χ4v) is 3.42. The number of aromatic nitrogens is 2. The normalized spacial score (nSPS) is 18.0. The van der Waals surface area contributed by atoms with Crippen molar-refractivity contribution in [3.8, 4) is 0 Å². The lowest BCUT2D eigenvalue weighted by atomic mass is 9.99. The van der Waals surface area contributed by atoms with E-state index in [-0.39, 0.29) is 0 Å². The van der Waals surface area contributed by atoms with Crippen molar-refractivity contribution in [1.29, 1.82) is 0 Å². The lowest BCUT2D eigenvalue weighted by molar-refractivity contribution is 0.774. The molecule has 3 rings (SSSR count). The van der Waals surface area contributed by atoms with Crippen molar-refractivity contribution in [2.24, 2.45) is 0 Å². The number of hydrogen-bond donors (Lipinski definition) is 1. The molecule has 1 aromatic heterocycles. The summed E-state index contributed by atoms with van der Waals surface area (Å²) in [5.74, 6) is 2.43. The molecule has 21 heavy (non-hydrogen) atoms. The average Bonchev–Trinajstić information content (AvgIpc) is 3.00. The molecule has 0 bridgehead atoms. The molecule has 0 spiro atoms. The van der Waals surface area contributed by atoms with Crippen molar-refractivity contribution in [3.05, 3.63) is 46.7 Å². The summed E-state index contributed by atoms with van der Waals surface area (Å²) in [5.41, 5.74) is 1.41. The number of anilines is 2. The third kappa shape index (κ3) is 3.02. The highest BCUT2D eigenvalue weighted by molar-refractivity contribution is 9.10. The van der Waals surface area contributed by atoms with Gasteiger partial charge in [0.1, 0.15) is 22.4 Å². The van der Waals surface area contributed by atoms with Crippen LogP contribution in [0.1, 0.15) is 24.8 Å². The van der Waals surface area contributed by atoms with Gasteiger partial charge in [0.15, 0.2) is 0 Å². The summed E-state index contributed by atoms with van der Waals surface area (Å²) in [5, 5.41) is 3.26. The summed E-state index contributed by atoms with van der Waals surface area (Å²) in [6, 6.07) is 10.7. The molecular formula is C16H19BrN4. The molecule has 1 N–H and O–H groups in total. The number of nitrogens with zero attached hydrogens (tertiary/aromatic N) is 3. The van der Waals surface area contributed by atoms with Crippen LogP contribution in [0.15, 0.2) is 41.1 Å². The van der Waals surface area contributed by atoms with Crippen molar-refractivity contribution in [2.75, 3.05) is 29.9 Å². The van der Waals surface area contributed by atoms with E-state index >= 15 is 0 Å². The summed E-state index contributed by atoms with van der Waals surface area (Å²) >= 11 is 3.64. The number of halogens is 1. The Morgan fingerprint density at radius 3 is 2.86 bits per heavy atom. The minimum absolute atomic E-state index is 0.579. The van der Waals surface area contributed by atoms with Crippen molar-refractivity contribution in [3.63, 3.8) is 0 Å². The van der Waals surface area contributed by atoms with E-state index in [9.17, 15) is 0 Å². The summed E-state index contributed by atoms with van der Waals surface area (Å²) < 4.78 is 0.959. The smallest absolute Gasteiger partial charge is 0.148 e. The minimum atomic E-state index is 0.579. The second-order valence-corrected chi connectivity index (χ2v) is 6.03. The van der Waals surface area contributed by atoms with Crippen LogP contribution in [0, 0.1) is 0 Å². The molecule has 0 amide bonds. The van der Waals surface area contributed by atoms with Crippen LogP contribution >= 0.6 is 15.9 Å². The molecule has 1 aliphatic rings. The van der Waals surface area contributed by atoms with E-state index in [0.717, 1.165) is 42.2 Å². The minimum Gasteiger partial charge on any atom is -0.369 e. The molecule has 2 aromatic rings. The first-order valence-corrected chi connectivity index (χ1v) is 8.13. The van der Waals surface area contributed by atoms with E-state index in [2.05, 4.69) is 73.4 Å². The zero-order valence-electron chi connectivity index (χ0n) is 12.1. The van der Waals surface area contributed by atoms with Gasteiger partial charge >= 0.3 is 0 Å². The summed E-state index contributed by atoms with van der Waals surface area (Å²) in [7, 11) is 0. The summed E-state index contributed by atoms with van der Waals surface area (Å²) in [4.78, 5) is 11.1. The van der Waals surface area contributed by atoms with Gasteiger partial charge in [0.25, 0.3) is 0 Å². The molecule has 1 saturated heterocycles. The Morgan fingerprint density at radius 1 is 1.29 bits per heavy atom. The van der Waals surface area contributed by atoms with Gasteiger partial charge in [-0.3, -0.25) is 0 Å². The molecule has 0 saturated carbocycles. The Labute approximate surface area is 133 Å². The van der Waals surface area contributed by atoms with E-state index in [1.807, 2.05) is 0 Å². The van der Waals surface area contributed by atoms with Gasteiger partial charge in [0.05, 0.1) is 0 Å². The fraction of sp³-hybridized carbons (Fsp3) is 0.375. The van der Waals surface area contributed by atoms with Crippen LogP contribution in [-0.2, 0) is 0 Å². The molecular weight excluding hydrogens is 328 g/mol. The molecule has 1 unspecified atom stereocenters. The lowest BCUT2D eigenvalue weighted by Crippen LogP contribution is -2.21. The number of benzene rings is 1. The second kappa shape index (κ2) is 6.43. The van der Waals surface area contributed by atoms with Gasteiger partial charge < -0.3 is 10.2 Å². The van der Waals surface area contributed by atoms with Crippen molar-refractivity contribution >= 4 is 27.6 Å². The monoisotopic (exact) mass is 346 g/mol. The highest BCUT2D eigenvalue weighted by Crippen LogP contribution is 2.35. The summed E-state index contributed by atoms with van der Waals surface area (Å²) in [6.07, 6.45) is 2.80. The Morgan fingerprint density at radius 2 is 2.10 bits per heavy atom. The lowest BCUT2D eigenvalue weighted by Gasteiger charge is -2.20. The van der Waals surface area contributed by atoms with Gasteiger partial charge in [-0.05, 0) is 34.8 Å². The maximum atomic E-state index is 4.46. The molecule has 0 aliphatic carbocycles. The Hall–Kier alpha value is -1.62. The van der Waals surface area contributed by atoms with Crippen molar-refractivity contribution < 1.29 is 0 Å². The zero-order valence-corrected chi connectivity index (χ0v) is 13.7. The van der Waals surface area contributed by atoms with Crippen LogP contribution in [0.4, 0.5) is 11.6 Å².